The second-order valence-electron chi connectivity index (χ2n) is 5.91. The van der Waals surface area contributed by atoms with Crippen molar-refractivity contribution >= 4 is 5.91 Å². The molecule has 28 heavy (non-hydrogen) atoms. The third kappa shape index (κ3) is 3.75. The van der Waals surface area contributed by atoms with Crippen LogP contribution in [0.3, 0.4) is 0 Å². The van der Waals surface area contributed by atoms with Crippen molar-refractivity contribution < 1.29 is 9.18 Å². The monoisotopic (exact) mass is 374 g/mol. The molecule has 8 heteroatoms. The Kier molecular flexibility index (Phi) is 4.83. The summed E-state index contributed by atoms with van der Waals surface area (Å²) in [5.74, 6) is -0.182. The van der Waals surface area contributed by atoms with Gasteiger partial charge in [0.15, 0.2) is 0 Å². The normalized spacial score (nSPS) is 10.6. The predicted molar refractivity (Wildman–Crippen MR) is 100 cm³/mol. The molecule has 1 aromatic carbocycles. The zero-order valence-electron chi connectivity index (χ0n) is 14.6. The molecule has 0 saturated heterocycles. The zero-order chi connectivity index (χ0) is 19.3. The molecule has 0 aliphatic carbocycles. The van der Waals surface area contributed by atoms with Gasteiger partial charge in [0.1, 0.15) is 23.7 Å². The maximum absolute atomic E-state index is 13.7. The van der Waals surface area contributed by atoms with Crippen LogP contribution in [0.5, 0.6) is 0 Å². The number of pyridine rings is 1. The Morgan fingerprint density at radius 2 is 2.00 bits per heavy atom. The Morgan fingerprint density at radius 3 is 2.75 bits per heavy atom. The maximum Gasteiger partial charge on any atom is 0.270 e. The lowest BCUT2D eigenvalue weighted by molar-refractivity contribution is 0.0945. The SMILES string of the molecule is O=C(NCc1nc(-c2cccc(F)c2)c(-c2ccccn2)[nH]1)c1ccncn1. The van der Waals surface area contributed by atoms with Crippen LogP contribution in [0.2, 0.25) is 0 Å². The average molecular weight is 374 g/mol. The number of aromatic amines is 1. The van der Waals surface area contributed by atoms with Gasteiger partial charge >= 0.3 is 0 Å². The molecule has 0 aliphatic rings. The number of hydrogen-bond acceptors (Lipinski definition) is 5. The van der Waals surface area contributed by atoms with Gasteiger partial charge in [0, 0.05) is 18.0 Å². The first kappa shape index (κ1) is 17.5. The standard InChI is InChI=1S/C20H15FN6O/c21-14-5-3-4-13(10-14)18-19(15-6-1-2-8-23-15)27-17(26-18)11-24-20(28)16-7-9-22-12-25-16/h1-10,12H,11H2,(H,24,28)(H,26,27). The fraction of sp³-hybridized carbons (Fsp3) is 0.0500. The number of halogens is 1. The van der Waals surface area contributed by atoms with Crippen LogP contribution in [-0.2, 0) is 6.54 Å². The highest BCUT2D eigenvalue weighted by Gasteiger charge is 2.16. The summed E-state index contributed by atoms with van der Waals surface area (Å²) in [5, 5.41) is 2.75. The number of carbonyl (C=O) groups is 1. The van der Waals surface area contributed by atoms with Gasteiger partial charge in [-0.2, -0.15) is 0 Å². The molecule has 138 valence electrons. The minimum Gasteiger partial charge on any atom is -0.343 e. The molecule has 0 fully saturated rings. The van der Waals surface area contributed by atoms with Gasteiger partial charge < -0.3 is 10.3 Å². The van der Waals surface area contributed by atoms with E-state index in [1.54, 1.807) is 18.3 Å². The molecular formula is C20H15FN6O. The lowest BCUT2D eigenvalue weighted by Crippen LogP contribution is -2.24. The van der Waals surface area contributed by atoms with Crippen LogP contribution < -0.4 is 5.32 Å². The molecule has 0 aliphatic heterocycles. The van der Waals surface area contributed by atoms with E-state index in [0.717, 1.165) is 0 Å². The lowest BCUT2D eigenvalue weighted by atomic mass is 10.1. The number of H-pyrrole nitrogens is 1. The summed E-state index contributed by atoms with van der Waals surface area (Å²) in [6.07, 6.45) is 4.47. The zero-order valence-corrected chi connectivity index (χ0v) is 14.6. The first-order valence-electron chi connectivity index (χ1n) is 8.51. The van der Waals surface area contributed by atoms with Crippen molar-refractivity contribution in [1.82, 2.24) is 30.2 Å². The van der Waals surface area contributed by atoms with Gasteiger partial charge in [-0.05, 0) is 30.3 Å². The van der Waals surface area contributed by atoms with Gasteiger partial charge in [-0.25, -0.2) is 19.3 Å². The fourth-order valence-corrected chi connectivity index (χ4v) is 2.73. The highest BCUT2D eigenvalue weighted by Crippen LogP contribution is 2.29. The quantitative estimate of drug-likeness (QED) is 0.560. The van der Waals surface area contributed by atoms with Crippen LogP contribution in [-0.4, -0.2) is 30.8 Å². The molecule has 4 aromatic rings. The van der Waals surface area contributed by atoms with Gasteiger partial charge in [0.25, 0.3) is 5.91 Å². The third-order valence-electron chi connectivity index (χ3n) is 4.00. The van der Waals surface area contributed by atoms with E-state index in [2.05, 4.69) is 30.2 Å². The molecular weight excluding hydrogens is 359 g/mol. The smallest absolute Gasteiger partial charge is 0.270 e. The summed E-state index contributed by atoms with van der Waals surface area (Å²) in [6.45, 7) is 0.151. The van der Waals surface area contributed by atoms with E-state index in [4.69, 9.17) is 0 Å². The van der Waals surface area contributed by atoms with E-state index >= 15 is 0 Å². The van der Waals surface area contributed by atoms with E-state index in [-0.39, 0.29) is 24.0 Å². The van der Waals surface area contributed by atoms with E-state index < -0.39 is 0 Å². The van der Waals surface area contributed by atoms with Crippen molar-refractivity contribution in [1.29, 1.82) is 0 Å². The third-order valence-corrected chi connectivity index (χ3v) is 4.00. The van der Waals surface area contributed by atoms with Crippen molar-refractivity contribution in [3.8, 4) is 22.6 Å². The molecule has 0 unspecified atom stereocenters. The number of hydrogen-bond donors (Lipinski definition) is 2. The second-order valence-corrected chi connectivity index (χ2v) is 5.91. The Morgan fingerprint density at radius 1 is 1.07 bits per heavy atom. The van der Waals surface area contributed by atoms with Crippen molar-refractivity contribution in [3.63, 3.8) is 0 Å². The average Bonchev–Trinajstić information content (AvgIpc) is 3.18. The van der Waals surface area contributed by atoms with Crippen LogP contribution in [0.4, 0.5) is 4.39 Å². The largest absolute Gasteiger partial charge is 0.343 e. The highest BCUT2D eigenvalue weighted by atomic mass is 19.1. The second kappa shape index (κ2) is 7.75. The van der Waals surface area contributed by atoms with Crippen molar-refractivity contribution in [3.05, 3.63) is 84.6 Å². The lowest BCUT2D eigenvalue weighted by Gasteiger charge is -2.02. The number of nitrogens with one attached hydrogen (secondary N) is 2. The molecule has 1 amide bonds. The number of amides is 1. The predicted octanol–water partition coefficient (Wildman–Crippen LogP) is 3.00. The Bertz CT molecular complexity index is 1100. The van der Waals surface area contributed by atoms with E-state index in [1.165, 1.54) is 30.7 Å². The molecule has 0 saturated carbocycles. The number of benzene rings is 1. The summed E-state index contributed by atoms with van der Waals surface area (Å²) in [5.41, 5.74) is 2.76. The molecule has 7 nitrogen and oxygen atoms in total. The van der Waals surface area contributed by atoms with Crippen molar-refractivity contribution in [2.24, 2.45) is 0 Å². The molecule has 3 aromatic heterocycles. The summed E-state index contributed by atoms with van der Waals surface area (Å²) >= 11 is 0. The van der Waals surface area contributed by atoms with Crippen LogP contribution in [0.25, 0.3) is 22.6 Å². The van der Waals surface area contributed by atoms with Crippen LogP contribution in [0.1, 0.15) is 16.3 Å². The Balaban J connectivity index is 1.65. The maximum atomic E-state index is 13.7. The summed E-state index contributed by atoms with van der Waals surface area (Å²) in [7, 11) is 0. The first-order valence-corrected chi connectivity index (χ1v) is 8.51. The summed E-state index contributed by atoms with van der Waals surface area (Å²) in [4.78, 5) is 32.0. The number of rotatable bonds is 5. The van der Waals surface area contributed by atoms with Crippen LogP contribution in [0, 0.1) is 5.82 Å². The van der Waals surface area contributed by atoms with E-state index in [0.29, 0.717) is 28.5 Å². The molecule has 4 rings (SSSR count). The van der Waals surface area contributed by atoms with E-state index in [1.807, 2.05) is 18.2 Å². The van der Waals surface area contributed by atoms with Gasteiger partial charge in [-0.1, -0.05) is 18.2 Å². The number of carbonyl (C=O) groups excluding carboxylic acids is 1. The van der Waals surface area contributed by atoms with Crippen LogP contribution >= 0.6 is 0 Å². The molecule has 2 N–H and O–H groups in total. The molecule has 0 radical (unpaired) electrons. The topological polar surface area (TPSA) is 96.5 Å². The minimum atomic E-state index is -0.355. The summed E-state index contributed by atoms with van der Waals surface area (Å²) in [6, 6.07) is 13.2. The van der Waals surface area contributed by atoms with Crippen molar-refractivity contribution in [2.45, 2.75) is 6.54 Å². The first-order chi connectivity index (χ1) is 13.7. The fourth-order valence-electron chi connectivity index (χ4n) is 2.73. The minimum absolute atomic E-state index is 0.151. The highest BCUT2D eigenvalue weighted by molar-refractivity contribution is 5.92. The van der Waals surface area contributed by atoms with Crippen molar-refractivity contribution in [2.75, 3.05) is 0 Å². The number of nitrogens with zero attached hydrogens (tertiary/aromatic N) is 4. The van der Waals surface area contributed by atoms with Crippen LogP contribution in [0.15, 0.2) is 67.3 Å². The number of aromatic nitrogens is 5. The van der Waals surface area contributed by atoms with Gasteiger partial charge in [-0.3, -0.25) is 9.78 Å². The summed E-state index contributed by atoms with van der Waals surface area (Å²) < 4.78 is 13.7. The molecule has 0 atom stereocenters. The molecule has 3 heterocycles. The molecule has 0 bridgehead atoms. The van der Waals surface area contributed by atoms with Gasteiger partial charge in [0.2, 0.25) is 0 Å². The Labute approximate surface area is 159 Å². The van der Waals surface area contributed by atoms with Gasteiger partial charge in [0.05, 0.1) is 23.6 Å². The van der Waals surface area contributed by atoms with Gasteiger partial charge in [-0.15, -0.1) is 0 Å². The molecule has 0 spiro atoms. The number of imidazole rings is 1. The van der Waals surface area contributed by atoms with E-state index in [9.17, 15) is 9.18 Å². The Hall–Kier alpha value is -3.94.